The third kappa shape index (κ3) is 2.49. The molecule has 0 bridgehead atoms. The minimum Gasteiger partial charge on any atom is -0.323 e. The summed E-state index contributed by atoms with van der Waals surface area (Å²) < 4.78 is 66.1. The maximum Gasteiger partial charge on any atom is 0.200 e. The molecule has 2 rings (SSSR count). The van der Waals surface area contributed by atoms with E-state index in [0.29, 0.717) is 5.56 Å². The largest absolute Gasteiger partial charge is 0.323 e. The van der Waals surface area contributed by atoms with E-state index in [-0.39, 0.29) is 6.42 Å². The molecular weight excluding hydrogens is 279 g/mol. The highest BCUT2D eigenvalue weighted by Crippen LogP contribution is 2.28. The minimum absolute atomic E-state index is 0.105. The fourth-order valence-corrected chi connectivity index (χ4v) is 1.82. The SMILES string of the molecule is NC(Cc1cccnc1)c1c(F)c(F)c(F)c(F)c1F. The Morgan fingerprint density at radius 3 is 2.00 bits per heavy atom. The summed E-state index contributed by atoms with van der Waals surface area (Å²) in [5, 5.41) is 0. The summed E-state index contributed by atoms with van der Waals surface area (Å²) in [5.41, 5.74) is 5.05. The summed E-state index contributed by atoms with van der Waals surface area (Å²) in [6.07, 6.45) is 2.77. The van der Waals surface area contributed by atoms with Gasteiger partial charge >= 0.3 is 0 Å². The Bertz CT molecular complexity index is 601. The van der Waals surface area contributed by atoms with Crippen LogP contribution in [0.5, 0.6) is 0 Å². The monoisotopic (exact) mass is 288 g/mol. The Kier molecular flexibility index (Phi) is 3.99. The molecule has 1 atom stereocenters. The predicted octanol–water partition coefficient (Wildman–Crippen LogP) is 3.02. The van der Waals surface area contributed by atoms with E-state index in [2.05, 4.69) is 4.98 Å². The first-order valence-corrected chi connectivity index (χ1v) is 5.59. The number of pyridine rings is 1. The first-order valence-electron chi connectivity index (χ1n) is 5.59. The zero-order valence-electron chi connectivity index (χ0n) is 10.0. The van der Waals surface area contributed by atoms with Crippen molar-refractivity contribution < 1.29 is 22.0 Å². The van der Waals surface area contributed by atoms with Gasteiger partial charge in [-0.25, -0.2) is 22.0 Å². The van der Waals surface area contributed by atoms with Crippen LogP contribution in [0.15, 0.2) is 24.5 Å². The second kappa shape index (κ2) is 5.54. The van der Waals surface area contributed by atoms with Crippen molar-refractivity contribution in [1.82, 2.24) is 4.98 Å². The van der Waals surface area contributed by atoms with Gasteiger partial charge in [0.1, 0.15) is 0 Å². The lowest BCUT2D eigenvalue weighted by Crippen LogP contribution is -2.20. The number of rotatable bonds is 3. The van der Waals surface area contributed by atoms with Gasteiger partial charge in [0, 0.05) is 24.0 Å². The molecule has 0 fully saturated rings. The second-order valence-electron chi connectivity index (χ2n) is 4.16. The van der Waals surface area contributed by atoms with Crippen LogP contribution in [0.2, 0.25) is 0 Å². The van der Waals surface area contributed by atoms with Crippen LogP contribution in [0.25, 0.3) is 0 Å². The van der Waals surface area contributed by atoms with Gasteiger partial charge in [-0.1, -0.05) is 6.07 Å². The van der Waals surface area contributed by atoms with Gasteiger partial charge in [-0.2, -0.15) is 0 Å². The second-order valence-corrected chi connectivity index (χ2v) is 4.16. The van der Waals surface area contributed by atoms with E-state index in [4.69, 9.17) is 5.73 Å². The summed E-state index contributed by atoms with van der Waals surface area (Å²) >= 11 is 0. The Morgan fingerprint density at radius 2 is 1.50 bits per heavy atom. The minimum atomic E-state index is -2.20. The molecule has 1 heterocycles. The first kappa shape index (κ1) is 14.4. The van der Waals surface area contributed by atoms with Crippen molar-refractivity contribution >= 4 is 0 Å². The standard InChI is InChI=1S/C13H9F5N2/c14-9-8(10(15)12(17)13(18)11(9)16)7(19)4-6-2-1-3-20-5-6/h1-3,5,7H,4,19H2. The van der Waals surface area contributed by atoms with Crippen LogP contribution in [0.4, 0.5) is 22.0 Å². The Morgan fingerprint density at radius 1 is 0.950 bits per heavy atom. The van der Waals surface area contributed by atoms with Crippen LogP contribution in [0.1, 0.15) is 17.2 Å². The smallest absolute Gasteiger partial charge is 0.200 e. The topological polar surface area (TPSA) is 38.9 Å². The van der Waals surface area contributed by atoms with Crippen molar-refractivity contribution in [3.8, 4) is 0 Å². The van der Waals surface area contributed by atoms with Crippen LogP contribution in [-0.4, -0.2) is 4.98 Å². The molecule has 106 valence electrons. The summed E-state index contributed by atoms with van der Waals surface area (Å²) in [4.78, 5) is 3.77. The third-order valence-corrected chi connectivity index (χ3v) is 2.79. The maximum absolute atomic E-state index is 13.5. The van der Waals surface area contributed by atoms with Crippen molar-refractivity contribution in [2.75, 3.05) is 0 Å². The van der Waals surface area contributed by atoms with Gasteiger partial charge in [-0.15, -0.1) is 0 Å². The molecule has 0 amide bonds. The lowest BCUT2D eigenvalue weighted by Gasteiger charge is -2.15. The van der Waals surface area contributed by atoms with Crippen LogP contribution < -0.4 is 5.73 Å². The van der Waals surface area contributed by atoms with Crippen LogP contribution >= 0.6 is 0 Å². The number of aromatic nitrogens is 1. The zero-order chi connectivity index (χ0) is 14.9. The molecule has 2 nitrogen and oxygen atoms in total. The van der Waals surface area contributed by atoms with Crippen molar-refractivity contribution in [2.45, 2.75) is 12.5 Å². The van der Waals surface area contributed by atoms with Crippen molar-refractivity contribution in [1.29, 1.82) is 0 Å². The molecule has 0 radical (unpaired) electrons. The number of hydrogen-bond donors (Lipinski definition) is 1. The lowest BCUT2D eigenvalue weighted by atomic mass is 9.99. The van der Waals surface area contributed by atoms with Crippen LogP contribution in [-0.2, 0) is 6.42 Å². The number of benzene rings is 1. The quantitative estimate of drug-likeness (QED) is 0.535. The molecule has 1 aromatic carbocycles. The maximum atomic E-state index is 13.5. The van der Waals surface area contributed by atoms with Gasteiger partial charge in [-0.3, -0.25) is 4.98 Å². The molecule has 0 aliphatic heterocycles. The molecule has 1 unspecified atom stereocenters. The molecule has 20 heavy (non-hydrogen) atoms. The van der Waals surface area contributed by atoms with E-state index in [9.17, 15) is 22.0 Å². The summed E-state index contributed by atoms with van der Waals surface area (Å²) in [6.45, 7) is 0. The van der Waals surface area contributed by atoms with E-state index in [0.717, 1.165) is 0 Å². The molecule has 1 aromatic heterocycles. The van der Waals surface area contributed by atoms with Crippen molar-refractivity contribution in [2.24, 2.45) is 5.73 Å². The summed E-state index contributed by atoms with van der Waals surface area (Å²) in [7, 11) is 0. The highest BCUT2D eigenvalue weighted by atomic mass is 19.2. The van der Waals surface area contributed by atoms with Gasteiger partial charge < -0.3 is 5.73 Å². The summed E-state index contributed by atoms with van der Waals surface area (Å²) in [6, 6.07) is 1.78. The fourth-order valence-electron chi connectivity index (χ4n) is 1.82. The van der Waals surface area contributed by atoms with Crippen molar-refractivity contribution in [3.05, 3.63) is 64.7 Å². The molecule has 0 saturated carbocycles. The van der Waals surface area contributed by atoms with Crippen LogP contribution in [0.3, 0.4) is 0 Å². The first-order chi connectivity index (χ1) is 9.43. The fraction of sp³-hybridized carbons (Fsp3) is 0.154. The summed E-state index contributed by atoms with van der Waals surface area (Å²) in [5.74, 6) is -10.0. The highest BCUT2D eigenvalue weighted by Gasteiger charge is 2.28. The van der Waals surface area contributed by atoms with Crippen LogP contribution in [0, 0.1) is 29.1 Å². The Balaban J connectivity index is 2.42. The average molecular weight is 288 g/mol. The molecular formula is C13H9F5N2. The molecule has 2 N–H and O–H groups in total. The molecule has 0 aliphatic carbocycles. The molecule has 7 heteroatoms. The molecule has 0 spiro atoms. The van der Waals surface area contributed by atoms with Crippen molar-refractivity contribution in [3.63, 3.8) is 0 Å². The molecule has 2 aromatic rings. The van der Waals surface area contributed by atoms with Gasteiger partial charge in [0.2, 0.25) is 5.82 Å². The van der Waals surface area contributed by atoms with Gasteiger partial charge in [-0.05, 0) is 18.1 Å². The number of halogens is 5. The Hall–Kier alpha value is -2.02. The van der Waals surface area contributed by atoms with E-state index in [1.807, 2.05) is 0 Å². The number of hydrogen-bond acceptors (Lipinski definition) is 2. The molecule has 0 aliphatic rings. The number of nitrogens with zero attached hydrogens (tertiary/aromatic N) is 1. The normalized spacial score (nSPS) is 12.5. The average Bonchev–Trinajstić information content (AvgIpc) is 2.44. The lowest BCUT2D eigenvalue weighted by molar-refractivity contribution is 0.363. The van der Waals surface area contributed by atoms with E-state index >= 15 is 0 Å². The molecule has 0 saturated heterocycles. The van der Waals surface area contributed by atoms with Gasteiger partial charge in [0.15, 0.2) is 23.3 Å². The van der Waals surface area contributed by atoms with E-state index in [1.54, 1.807) is 12.1 Å². The van der Waals surface area contributed by atoms with Gasteiger partial charge in [0.25, 0.3) is 0 Å². The number of nitrogens with two attached hydrogens (primary N) is 1. The Labute approximate surface area is 111 Å². The van der Waals surface area contributed by atoms with E-state index < -0.39 is 40.7 Å². The highest BCUT2D eigenvalue weighted by molar-refractivity contribution is 5.28. The third-order valence-electron chi connectivity index (χ3n) is 2.79. The van der Waals surface area contributed by atoms with E-state index in [1.165, 1.54) is 12.4 Å². The zero-order valence-corrected chi connectivity index (χ0v) is 10.0. The predicted molar refractivity (Wildman–Crippen MR) is 61.1 cm³/mol. The van der Waals surface area contributed by atoms with Gasteiger partial charge in [0.05, 0.1) is 0 Å².